The number of hydrogen-bond acceptors (Lipinski definition) is 3. The molecular weight excluding hydrogens is 309 g/mol. The van der Waals surface area contributed by atoms with E-state index >= 15 is 0 Å². The van der Waals surface area contributed by atoms with Gasteiger partial charge in [-0.15, -0.1) is 24.8 Å². The van der Waals surface area contributed by atoms with Crippen LogP contribution in [0.5, 0.6) is 0 Å². The molecule has 2 fully saturated rings. The number of likely N-dealkylation sites (tertiary alicyclic amines) is 1. The van der Waals surface area contributed by atoms with Crippen molar-refractivity contribution in [1.29, 1.82) is 0 Å². The van der Waals surface area contributed by atoms with E-state index in [1.54, 1.807) is 0 Å². The molecule has 2 rings (SSSR count). The first-order chi connectivity index (χ1) is 9.20. The lowest BCUT2D eigenvalue weighted by molar-refractivity contribution is -0.131. The van der Waals surface area contributed by atoms with Crippen molar-refractivity contribution in [1.82, 2.24) is 10.2 Å². The first-order valence-corrected chi connectivity index (χ1v) is 7.93. The van der Waals surface area contributed by atoms with E-state index in [4.69, 9.17) is 5.73 Å². The predicted molar refractivity (Wildman–Crippen MR) is 92.3 cm³/mol. The van der Waals surface area contributed by atoms with E-state index < -0.39 is 0 Å². The van der Waals surface area contributed by atoms with E-state index in [0.29, 0.717) is 12.6 Å². The minimum absolute atomic E-state index is 0. The third kappa shape index (κ3) is 5.27. The van der Waals surface area contributed by atoms with Gasteiger partial charge < -0.3 is 16.0 Å². The highest BCUT2D eigenvalue weighted by Gasteiger charge is 2.40. The second kappa shape index (κ2) is 9.88. The molecule has 4 nitrogen and oxygen atoms in total. The number of nitrogens with zero attached hydrogens (tertiary/aromatic N) is 1. The summed E-state index contributed by atoms with van der Waals surface area (Å²) in [7, 11) is 0. The van der Waals surface area contributed by atoms with Gasteiger partial charge in [0.25, 0.3) is 0 Å². The molecule has 1 saturated heterocycles. The van der Waals surface area contributed by atoms with Crippen LogP contribution < -0.4 is 11.1 Å². The average Bonchev–Trinajstić information content (AvgIpc) is 2.91. The minimum Gasteiger partial charge on any atom is -0.353 e. The Morgan fingerprint density at radius 3 is 2.29 bits per heavy atom. The third-order valence-corrected chi connectivity index (χ3v) is 4.90. The Bertz CT molecular complexity index is 301. The topological polar surface area (TPSA) is 58.4 Å². The molecule has 0 aromatic carbocycles. The van der Waals surface area contributed by atoms with E-state index in [2.05, 4.69) is 17.1 Å². The van der Waals surface area contributed by atoms with Gasteiger partial charge in [0.05, 0.1) is 5.41 Å². The lowest BCUT2D eigenvalue weighted by atomic mass is 9.84. The molecule has 0 radical (unpaired) electrons. The standard InChI is InChI=1S/C15H29N3O.2ClH/c1-2-9-18-10-5-13(6-11-18)17-14(19)15(12-16)7-3-4-8-15;;/h13H,2-12,16H2,1H3,(H,17,19);2*1H. The van der Waals surface area contributed by atoms with Gasteiger partial charge >= 0.3 is 0 Å². The molecule has 0 aromatic heterocycles. The van der Waals surface area contributed by atoms with Gasteiger partial charge in [0, 0.05) is 25.7 Å². The molecule has 1 heterocycles. The van der Waals surface area contributed by atoms with Gasteiger partial charge in [0.15, 0.2) is 0 Å². The number of piperidine rings is 1. The van der Waals surface area contributed by atoms with Crippen LogP contribution in [0.4, 0.5) is 0 Å². The van der Waals surface area contributed by atoms with Gasteiger partial charge in [-0.3, -0.25) is 4.79 Å². The van der Waals surface area contributed by atoms with Crippen LogP contribution in [0.25, 0.3) is 0 Å². The van der Waals surface area contributed by atoms with Crippen LogP contribution in [-0.4, -0.2) is 43.0 Å². The fraction of sp³-hybridized carbons (Fsp3) is 0.933. The molecule has 0 unspecified atom stereocenters. The van der Waals surface area contributed by atoms with E-state index in [9.17, 15) is 4.79 Å². The number of carbonyl (C=O) groups is 1. The number of nitrogens with two attached hydrogens (primary N) is 1. The molecule has 1 amide bonds. The lowest BCUT2D eigenvalue weighted by Crippen LogP contribution is -2.51. The van der Waals surface area contributed by atoms with Crippen molar-refractivity contribution in [3.05, 3.63) is 0 Å². The normalized spacial score (nSPS) is 22.2. The Kier molecular flexibility index (Phi) is 9.87. The van der Waals surface area contributed by atoms with Gasteiger partial charge in [-0.25, -0.2) is 0 Å². The summed E-state index contributed by atoms with van der Waals surface area (Å²) in [5.74, 6) is 0.224. The first kappa shape index (κ1) is 21.0. The summed E-state index contributed by atoms with van der Waals surface area (Å²) in [5, 5.41) is 3.27. The smallest absolute Gasteiger partial charge is 0.227 e. The zero-order chi connectivity index (χ0) is 13.7. The minimum atomic E-state index is -0.249. The molecular formula is C15H31Cl2N3O. The Morgan fingerprint density at radius 2 is 1.81 bits per heavy atom. The summed E-state index contributed by atoms with van der Waals surface area (Å²) >= 11 is 0. The number of amides is 1. The summed E-state index contributed by atoms with van der Waals surface area (Å²) in [4.78, 5) is 15.0. The zero-order valence-corrected chi connectivity index (χ0v) is 14.7. The van der Waals surface area contributed by atoms with E-state index in [1.165, 1.54) is 13.0 Å². The largest absolute Gasteiger partial charge is 0.353 e. The van der Waals surface area contributed by atoms with Crippen molar-refractivity contribution in [2.24, 2.45) is 11.1 Å². The van der Waals surface area contributed by atoms with Gasteiger partial charge in [0.2, 0.25) is 5.91 Å². The molecule has 1 aliphatic carbocycles. The number of hydrogen-bond donors (Lipinski definition) is 2. The van der Waals surface area contributed by atoms with Gasteiger partial charge in [-0.05, 0) is 38.6 Å². The molecule has 0 aromatic rings. The van der Waals surface area contributed by atoms with Gasteiger partial charge in [-0.2, -0.15) is 0 Å². The highest BCUT2D eigenvalue weighted by Crippen LogP contribution is 2.37. The quantitative estimate of drug-likeness (QED) is 0.808. The SMILES string of the molecule is CCCN1CCC(NC(=O)C2(CN)CCCC2)CC1.Cl.Cl. The molecule has 6 heteroatoms. The maximum atomic E-state index is 12.5. The van der Waals surface area contributed by atoms with Crippen molar-refractivity contribution >= 4 is 30.7 Å². The van der Waals surface area contributed by atoms with Crippen molar-refractivity contribution < 1.29 is 4.79 Å². The molecule has 0 spiro atoms. The maximum Gasteiger partial charge on any atom is 0.227 e. The third-order valence-electron chi connectivity index (χ3n) is 4.90. The Hall–Kier alpha value is -0.0300. The maximum absolute atomic E-state index is 12.5. The van der Waals surface area contributed by atoms with Gasteiger partial charge in [0.1, 0.15) is 0 Å². The van der Waals surface area contributed by atoms with Crippen LogP contribution in [0.3, 0.4) is 0 Å². The monoisotopic (exact) mass is 339 g/mol. The summed E-state index contributed by atoms with van der Waals surface area (Å²) in [6.45, 7) is 6.16. The summed E-state index contributed by atoms with van der Waals surface area (Å²) in [6.07, 6.45) is 7.65. The second-order valence-electron chi connectivity index (χ2n) is 6.28. The highest BCUT2D eigenvalue weighted by molar-refractivity contribution is 5.85. The van der Waals surface area contributed by atoms with Crippen molar-refractivity contribution in [3.8, 4) is 0 Å². The number of nitrogens with one attached hydrogen (secondary N) is 1. The lowest BCUT2D eigenvalue weighted by Gasteiger charge is -2.34. The number of carbonyl (C=O) groups excluding carboxylic acids is 1. The Labute approximate surface area is 141 Å². The molecule has 1 aliphatic heterocycles. The summed E-state index contributed by atoms with van der Waals surface area (Å²) in [6, 6.07) is 0.365. The summed E-state index contributed by atoms with van der Waals surface area (Å²) < 4.78 is 0. The summed E-state index contributed by atoms with van der Waals surface area (Å²) in [5.41, 5.74) is 5.62. The first-order valence-electron chi connectivity index (χ1n) is 7.93. The fourth-order valence-electron chi connectivity index (χ4n) is 3.53. The molecule has 0 atom stereocenters. The van der Waals surface area contributed by atoms with E-state index in [1.807, 2.05) is 0 Å². The van der Waals surface area contributed by atoms with Crippen molar-refractivity contribution in [2.45, 2.75) is 57.9 Å². The van der Waals surface area contributed by atoms with Gasteiger partial charge in [-0.1, -0.05) is 19.8 Å². The molecule has 3 N–H and O–H groups in total. The average molecular weight is 340 g/mol. The molecule has 0 bridgehead atoms. The van der Waals surface area contributed by atoms with E-state index in [-0.39, 0.29) is 36.1 Å². The van der Waals surface area contributed by atoms with Crippen LogP contribution in [0.2, 0.25) is 0 Å². The van der Waals surface area contributed by atoms with E-state index in [0.717, 1.165) is 51.6 Å². The molecule has 2 aliphatic rings. The molecule has 126 valence electrons. The van der Waals surface area contributed by atoms with Crippen molar-refractivity contribution in [2.75, 3.05) is 26.2 Å². The van der Waals surface area contributed by atoms with Crippen LogP contribution in [0.1, 0.15) is 51.9 Å². The van der Waals surface area contributed by atoms with Crippen molar-refractivity contribution in [3.63, 3.8) is 0 Å². The van der Waals surface area contributed by atoms with Crippen LogP contribution in [0.15, 0.2) is 0 Å². The number of halogens is 2. The highest BCUT2D eigenvalue weighted by atomic mass is 35.5. The second-order valence-corrected chi connectivity index (χ2v) is 6.28. The Balaban J connectivity index is 0.00000200. The molecule has 1 saturated carbocycles. The zero-order valence-electron chi connectivity index (χ0n) is 13.1. The van der Waals surface area contributed by atoms with Crippen LogP contribution >= 0.6 is 24.8 Å². The molecule has 21 heavy (non-hydrogen) atoms. The predicted octanol–water partition coefficient (Wildman–Crippen LogP) is 2.34. The van der Waals surface area contributed by atoms with Crippen LogP contribution in [0, 0.1) is 5.41 Å². The number of rotatable bonds is 5. The van der Waals surface area contributed by atoms with Crippen LogP contribution in [-0.2, 0) is 4.79 Å². The fourth-order valence-corrected chi connectivity index (χ4v) is 3.53. The Morgan fingerprint density at radius 1 is 1.24 bits per heavy atom.